The van der Waals surface area contributed by atoms with E-state index in [-0.39, 0.29) is 6.03 Å². The number of carbonyl (C=O) groups excluding carboxylic acids is 1. The zero-order valence-corrected chi connectivity index (χ0v) is 15.2. The Kier molecular flexibility index (Phi) is 6.37. The number of urea groups is 1. The summed E-state index contributed by atoms with van der Waals surface area (Å²) in [5, 5.41) is 7.79. The molecule has 1 saturated heterocycles. The van der Waals surface area contributed by atoms with Crippen molar-refractivity contribution < 1.29 is 4.79 Å². The summed E-state index contributed by atoms with van der Waals surface area (Å²) < 4.78 is 0. The number of thioether (sulfide) groups is 1. The van der Waals surface area contributed by atoms with Gasteiger partial charge in [0, 0.05) is 36.0 Å². The first-order valence-corrected chi connectivity index (χ1v) is 10.2. The third-order valence-corrected chi connectivity index (χ3v) is 5.86. The van der Waals surface area contributed by atoms with E-state index in [1.807, 2.05) is 23.9 Å². The van der Waals surface area contributed by atoms with Crippen molar-refractivity contribution >= 4 is 40.6 Å². The highest BCUT2D eigenvalue weighted by Gasteiger charge is 2.13. The number of thiophene rings is 1. The van der Waals surface area contributed by atoms with Crippen molar-refractivity contribution in [1.82, 2.24) is 10.3 Å². The lowest BCUT2D eigenvalue weighted by atomic mass is 10.4. The molecular weight excluding hydrogens is 340 g/mol. The minimum absolute atomic E-state index is 0.178. The molecule has 2 aromatic rings. The number of hydrogen-bond acceptors (Lipinski definition) is 5. The van der Waals surface area contributed by atoms with Gasteiger partial charge in [-0.1, -0.05) is 6.07 Å². The zero-order chi connectivity index (χ0) is 16.6. The molecule has 5 nitrogen and oxygen atoms in total. The Morgan fingerprint density at radius 2 is 2.17 bits per heavy atom. The van der Waals surface area contributed by atoms with Crippen LogP contribution in [0.15, 0.2) is 35.8 Å². The van der Waals surface area contributed by atoms with Gasteiger partial charge in [0.15, 0.2) is 0 Å². The smallest absolute Gasteiger partial charge is 0.319 e. The van der Waals surface area contributed by atoms with Gasteiger partial charge in [-0.3, -0.25) is 0 Å². The van der Waals surface area contributed by atoms with Gasteiger partial charge in [0.2, 0.25) is 0 Å². The molecule has 1 aliphatic heterocycles. The van der Waals surface area contributed by atoms with Gasteiger partial charge >= 0.3 is 6.03 Å². The highest BCUT2D eigenvalue weighted by molar-refractivity contribution is 7.98. The Hall–Kier alpha value is -1.73. The number of carbonyl (C=O) groups is 1. The lowest BCUT2D eigenvalue weighted by Crippen LogP contribution is -2.30. The van der Waals surface area contributed by atoms with E-state index in [9.17, 15) is 4.79 Å². The summed E-state index contributed by atoms with van der Waals surface area (Å²) >= 11 is 3.59. The predicted molar refractivity (Wildman–Crippen MR) is 103 cm³/mol. The molecule has 0 aliphatic carbocycles. The van der Waals surface area contributed by atoms with Gasteiger partial charge in [-0.25, -0.2) is 9.78 Å². The molecule has 3 heterocycles. The molecule has 1 aliphatic rings. The number of pyridine rings is 1. The van der Waals surface area contributed by atoms with Crippen LogP contribution in [0.4, 0.5) is 16.3 Å². The largest absolute Gasteiger partial charge is 0.357 e. The highest BCUT2D eigenvalue weighted by atomic mass is 32.2. The van der Waals surface area contributed by atoms with Crippen molar-refractivity contribution in [2.75, 3.05) is 35.6 Å². The standard InChI is InChI=1S/C17H22N4OS2/c22-17(18-7-11-23-13-15-4-3-10-24-15)20-14-5-6-16(19-12-14)21-8-1-2-9-21/h3-6,10,12H,1-2,7-9,11,13H2,(H2,18,20,22). The van der Waals surface area contributed by atoms with Gasteiger partial charge in [-0.15, -0.1) is 11.3 Å². The van der Waals surface area contributed by atoms with E-state index in [0.717, 1.165) is 36.1 Å². The van der Waals surface area contributed by atoms with Crippen LogP contribution in [-0.2, 0) is 5.75 Å². The molecule has 0 bridgehead atoms. The van der Waals surface area contributed by atoms with Crippen LogP contribution < -0.4 is 15.5 Å². The van der Waals surface area contributed by atoms with Crippen molar-refractivity contribution in [3.8, 4) is 0 Å². The summed E-state index contributed by atoms with van der Waals surface area (Å²) in [6, 6.07) is 7.90. The van der Waals surface area contributed by atoms with E-state index < -0.39 is 0 Å². The van der Waals surface area contributed by atoms with E-state index in [1.165, 1.54) is 17.7 Å². The van der Waals surface area contributed by atoms with Crippen molar-refractivity contribution in [2.24, 2.45) is 0 Å². The van der Waals surface area contributed by atoms with Crippen LogP contribution in [0.1, 0.15) is 17.7 Å². The second-order valence-corrected chi connectivity index (χ2v) is 7.75. The summed E-state index contributed by atoms with van der Waals surface area (Å²) in [5.74, 6) is 2.89. The van der Waals surface area contributed by atoms with E-state index in [2.05, 4.69) is 38.0 Å². The van der Waals surface area contributed by atoms with Crippen molar-refractivity contribution in [1.29, 1.82) is 0 Å². The van der Waals surface area contributed by atoms with Gasteiger partial charge in [-0.2, -0.15) is 11.8 Å². The number of aromatic nitrogens is 1. The molecule has 2 N–H and O–H groups in total. The Balaban J connectivity index is 1.34. The van der Waals surface area contributed by atoms with Gasteiger partial charge in [0.1, 0.15) is 5.82 Å². The first kappa shape index (κ1) is 17.1. The minimum atomic E-state index is -0.178. The maximum Gasteiger partial charge on any atom is 0.319 e. The second-order valence-electron chi connectivity index (χ2n) is 5.61. The maximum absolute atomic E-state index is 11.9. The van der Waals surface area contributed by atoms with Gasteiger partial charge in [0.05, 0.1) is 11.9 Å². The van der Waals surface area contributed by atoms with Crippen molar-refractivity contribution in [3.05, 3.63) is 40.7 Å². The molecule has 0 saturated carbocycles. The molecule has 128 valence electrons. The molecule has 0 atom stereocenters. The van der Waals surface area contributed by atoms with Crippen LogP contribution in [0.5, 0.6) is 0 Å². The molecule has 1 fully saturated rings. The fourth-order valence-corrected chi connectivity index (χ4v) is 4.27. The number of rotatable bonds is 7. The number of anilines is 2. The second kappa shape index (κ2) is 8.94. The first-order chi connectivity index (χ1) is 11.8. The van der Waals surface area contributed by atoms with Gasteiger partial charge in [0.25, 0.3) is 0 Å². The fourth-order valence-electron chi connectivity index (χ4n) is 2.57. The molecule has 0 spiro atoms. The van der Waals surface area contributed by atoms with Crippen LogP contribution >= 0.6 is 23.1 Å². The molecule has 2 aromatic heterocycles. The Labute approximate surface area is 150 Å². The van der Waals surface area contributed by atoms with E-state index in [4.69, 9.17) is 0 Å². The Bertz CT molecular complexity index is 625. The Morgan fingerprint density at radius 3 is 2.88 bits per heavy atom. The molecule has 0 radical (unpaired) electrons. The molecule has 3 rings (SSSR count). The third-order valence-electron chi connectivity index (χ3n) is 3.79. The predicted octanol–water partition coefficient (Wildman–Crippen LogP) is 3.80. The number of nitrogens with one attached hydrogen (secondary N) is 2. The fraction of sp³-hybridized carbons (Fsp3) is 0.412. The summed E-state index contributed by atoms with van der Waals surface area (Å²) in [7, 11) is 0. The van der Waals surface area contributed by atoms with E-state index >= 15 is 0 Å². The molecule has 2 amide bonds. The van der Waals surface area contributed by atoms with Crippen LogP contribution in [0.25, 0.3) is 0 Å². The quantitative estimate of drug-likeness (QED) is 0.736. The van der Waals surface area contributed by atoms with Gasteiger partial charge in [-0.05, 0) is 36.4 Å². The molecule has 0 aromatic carbocycles. The highest BCUT2D eigenvalue weighted by Crippen LogP contribution is 2.19. The van der Waals surface area contributed by atoms with Crippen LogP contribution in [0, 0.1) is 0 Å². The molecule has 0 unspecified atom stereocenters. The molecule has 24 heavy (non-hydrogen) atoms. The zero-order valence-electron chi connectivity index (χ0n) is 13.5. The first-order valence-electron chi connectivity index (χ1n) is 8.17. The summed E-state index contributed by atoms with van der Waals surface area (Å²) in [6.45, 7) is 2.80. The molecule has 7 heteroatoms. The monoisotopic (exact) mass is 362 g/mol. The van der Waals surface area contributed by atoms with Crippen molar-refractivity contribution in [3.63, 3.8) is 0 Å². The van der Waals surface area contributed by atoms with Crippen LogP contribution in [0.2, 0.25) is 0 Å². The van der Waals surface area contributed by atoms with Crippen LogP contribution in [-0.4, -0.2) is 36.4 Å². The number of hydrogen-bond donors (Lipinski definition) is 2. The third kappa shape index (κ3) is 5.14. The average molecular weight is 363 g/mol. The summed E-state index contributed by atoms with van der Waals surface area (Å²) in [5.41, 5.74) is 0.724. The Morgan fingerprint density at radius 1 is 1.29 bits per heavy atom. The van der Waals surface area contributed by atoms with E-state index in [1.54, 1.807) is 17.5 Å². The number of nitrogens with zero attached hydrogens (tertiary/aromatic N) is 2. The van der Waals surface area contributed by atoms with E-state index in [0.29, 0.717) is 6.54 Å². The van der Waals surface area contributed by atoms with Crippen molar-refractivity contribution in [2.45, 2.75) is 18.6 Å². The lowest BCUT2D eigenvalue weighted by Gasteiger charge is -2.16. The normalized spacial score (nSPS) is 13.9. The summed E-state index contributed by atoms with van der Waals surface area (Å²) in [4.78, 5) is 20.0. The summed E-state index contributed by atoms with van der Waals surface area (Å²) in [6.07, 6.45) is 4.18. The number of amides is 2. The minimum Gasteiger partial charge on any atom is -0.357 e. The SMILES string of the molecule is O=C(NCCSCc1cccs1)Nc1ccc(N2CCCC2)nc1. The topological polar surface area (TPSA) is 57.3 Å². The lowest BCUT2D eigenvalue weighted by molar-refractivity contribution is 0.252. The van der Waals surface area contributed by atoms with Gasteiger partial charge < -0.3 is 15.5 Å². The van der Waals surface area contributed by atoms with Crippen LogP contribution in [0.3, 0.4) is 0 Å². The average Bonchev–Trinajstić information content (AvgIpc) is 3.29. The molecular formula is C17H22N4OS2. The maximum atomic E-state index is 11.9.